The van der Waals surface area contributed by atoms with Gasteiger partial charge in [0.2, 0.25) is 5.91 Å². The van der Waals surface area contributed by atoms with Gasteiger partial charge in [-0.05, 0) is 73.6 Å². The number of aryl methyl sites for hydroxylation is 1. The fraction of sp³-hybridized carbons (Fsp3) is 0.333. The Labute approximate surface area is 153 Å². The van der Waals surface area contributed by atoms with Crippen LogP contribution in [-0.4, -0.2) is 11.8 Å². The summed E-state index contributed by atoms with van der Waals surface area (Å²) in [6.07, 6.45) is 4.85. The highest BCUT2D eigenvalue weighted by molar-refractivity contribution is 5.98. The van der Waals surface area contributed by atoms with Crippen LogP contribution < -0.4 is 16.4 Å². The lowest BCUT2D eigenvalue weighted by molar-refractivity contribution is -0.117. The third-order valence-corrected chi connectivity index (χ3v) is 5.13. The van der Waals surface area contributed by atoms with E-state index < -0.39 is 0 Å². The second kappa shape index (κ2) is 6.83. The van der Waals surface area contributed by atoms with Crippen molar-refractivity contribution >= 4 is 23.2 Å². The molecule has 2 aromatic rings. The van der Waals surface area contributed by atoms with Crippen LogP contribution in [0.25, 0.3) is 0 Å². The Morgan fingerprint density at radius 2 is 1.88 bits per heavy atom. The second-order valence-corrected chi connectivity index (χ2v) is 7.22. The smallest absolute Gasteiger partial charge is 0.251 e. The van der Waals surface area contributed by atoms with Crippen molar-refractivity contribution in [3.05, 3.63) is 59.2 Å². The number of amides is 2. The molecule has 5 nitrogen and oxygen atoms in total. The summed E-state index contributed by atoms with van der Waals surface area (Å²) in [7, 11) is 0. The van der Waals surface area contributed by atoms with Gasteiger partial charge in [-0.3, -0.25) is 9.59 Å². The highest BCUT2D eigenvalue weighted by atomic mass is 16.2. The lowest BCUT2D eigenvalue weighted by atomic mass is 9.87. The molecule has 4 N–H and O–H groups in total. The van der Waals surface area contributed by atoms with Gasteiger partial charge in [-0.25, -0.2) is 0 Å². The molecule has 2 aliphatic carbocycles. The molecule has 2 amide bonds. The number of hydrogen-bond donors (Lipinski definition) is 3. The van der Waals surface area contributed by atoms with Crippen LogP contribution in [0.15, 0.2) is 42.5 Å². The van der Waals surface area contributed by atoms with Crippen LogP contribution in [0.1, 0.15) is 53.2 Å². The standard InChI is InChI=1S/C21H23N3O2/c22-16-9-10-18-14(11-16)3-2-6-19(18)24-21(26)15-4-1-5-17(12-15)23-20(25)13-7-8-13/h1,4-5,9-13,19H,2-3,6-8,22H2,(H,23,25)(H,24,26). The van der Waals surface area contributed by atoms with E-state index in [4.69, 9.17) is 5.73 Å². The number of nitrogens with one attached hydrogen (secondary N) is 2. The number of carbonyl (C=O) groups excluding carboxylic acids is 2. The van der Waals surface area contributed by atoms with Crippen LogP contribution >= 0.6 is 0 Å². The third-order valence-electron chi connectivity index (χ3n) is 5.13. The summed E-state index contributed by atoms with van der Waals surface area (Å²) in [4.78, 5) is 24.6. The molecule has 0 saturated heterocycles. The molecule has 0 aliphatic heterocycles. The summed E-state index contributed by atoms with van der Waals surface area (Å²) < 4.78 is 0. The average Bonchev–Trinajstić information content (AvgIpc) is 3.47. The Kier molecular flexibility index (Phi) is 4.37. The third kappa shape index (κ3) is 3.57. The van der Waals surface area contributed by atoms with E-state index in [1.807, 2.05) is 24.3 Å². The molecule has 26 heavy (non-hydrogen) atoms. The molecule has 0 radical (unpaired) electrons. The van der Waals surface area contributed by atoms with Crippen LogP contribution in [-0.2, 0) is 11.2 Å². The summed E-state index contributed by atoms with van der Waals surface area (Å²) in [5.74, 6) is 0.0576. The highest BCUT2D eigenvalue weighted by Crippen LogP contribution is 2.32. The van der Waals surface area contributed by atoms with E-state index in [0.29, 0.717) is 11.3 Å². The zero-order valence-electron chi connectivity index (χ0n) is 14.6. The van der Waals surface area contributed by atoms with E-state index in [1.54, 1.807) is 18.2 Å². The number of nitrogens with two attached hydrogens (primary N) is 1. The van der Waals surface area contributed by atoms with Gasteiger partial charge in [0.15, 0.2) is 0 Å². The molecular formula is C21H23N3O2. The number of carbonyl (C=O) groups is 2. The molecule has 0 bridgehead atoms. The number of hydrogen-bond acceptors (Lipinski definition) is 3. The normalized spacial score (nSPS) is 18.7. The van der Waals surface area contributed by atoms with Crippen molar-refractivity contribution in [2.45, 2.75) is 38.1 Å². The second-order valence-electron chi connectivity index (χ2n) is 7.22. The van der Waals surface area contributed by atoms with E-state index in [2.05, 4.69) is 10.6 Å². The van der Waals surface area contributed by atoms with Crippen LogP contribution in [0.5, 0.6) is 0 Å². The summed E-state index contributed by atoms with van der Waals surface area (Å²) in [5, 5.41) is 6.03. The molecular weight excluding hydrogens is 326 g/mol. The molecule has 1 fully saturated rings. The van der Waals surface area contributed by atoms with Gasteiger partial charge < -0.3 is 16.4 Å². The summed E-state index contributed by atoms with van der Waals surface area (Å²) in [6, 6.07) is 13.0. The molecule has 1 saturated carbocycles. The van der Waals surface area contributed by atoms with Crippen molar-refractivity contribution in [2.24, 2.45) is 5.92 Å². The van der Waals surface area contributed by atoms with E-state index in [1.165, 1.54) is 5.56 Å². The van der Waals surface area contributed by atoms with Crippen LogP contribution in [0.4, 0.5) is 11.4 Å². The number of rotatable bonds is 4. The van der Waals surface area contributed by atoms with Gasteiger partial charge in [0.1, 0.15) is 0 Å². The molecule has 0 heterocycles. The van der Waals surface area contributed by atoms with E-state index in [0.717, 1.165) is 43.4 Å². The first-order chi connectivity index (χ1) is 12.6. The fourth-order valence-electron chi connectivity index (χ4n) is 3.55. The number of fused-ring (bicyclic) bond motifs is 1. The number of nitrogen functional groups attached to an aromatic ring is 1. The minimum Gasteiger partial charge on any atom is -0.399 e. The largest absolute Gasteiger partial charge is 0.399 e. The molecule has 2 aliphatic rings. The Hall–Kier alpha value is -2.82. The maximum Gasteiger partial charge on any atom is 0.251 e. The minimum atomic E-state index is -0.123. The van der Waals surface area contributed by atoms with Crippen molar-refractivity contribution in [3.63, 3.8) is 0 Å². The quantitative estimate of drug-likeness (QED) is 0.740. The molecule has 2 aromatic carbocycles. The Morgan fingerprint density at radius 3 is 2.69 bits per heavy atom. The maximum atomic E-state index is 12.7. The SMILES string of the molecule is Nc1ccc2c(c1)CCCC2NC(=O)c1cccc(NC(=O)C2CC2)c1. The molecule has 5 heteroatoms. The predicted molar refractivity (Wildman–Crippen MR) is 102 cm³/mol. The van der Waals surface area contributed by atoms with Crippen LogP contribution in [0, 0.1) is 5.92 Å². The van der Waals surface area contributed by atoms with Crippen molar-refractivity contribution in [3.8, 4) is 0 Å². The van der Waals surface area contributed by atoms with E-state index in [9.17, 15) is 9.59 Å². The van der Waals surface area contributed by atoms with Crippen molar-refractivity contribution in [2.75, 3.05) is 11.1 Å². The van der Waals surface area contributed by atoms with E-state index in [-0.39, 0.29) is 23.8 Å². The Bertz CT molecular complexity index is 858. The van der Waals surface area contributed by atoms with Crippen molar-refractivity contribution in [1.82, 2.24) is 5.32 Å². The highest BCUT2D eigenvalue weighted by Gasteiger charge is 2.29. The number of anilines is 2. The first kappa shape index (κ1) is 16.6. The summed E-state index contributed by atoms with van der Waals surface area (Å²) >= 11 is 0. The first-order valence-electron chi connectivity index (χ1n) is 9.20. The Balaban J connectivity index is 1.48. The zero-order valence-corrected chi connectivity index (χ0v) is 14.6. The molecule has 134 valence electrons. The molecule has 0 aromatic heterocycles. The fourth-order valence-corrected chi connectivity index (χ4v) is 3.55. The predicted octanol–water partition coefficient (Wildman–Crippen LogP) is 3.42. The van der Waals surface area contributed by atoms with Gasteiger partial charge in [0, 0.05) is 22.9 Å². The Morgan fingerprint density at radius 1 is 1.04 bits per heavy atom. The van der Waals surface area contributed by atoms with Gasteiger partial charge >= 0.3 is 0 Å². The lowest BCUT2D eigenvalue weighted by Crippen LogP contribution is -2.31. The minimum absolute atomic E-state index is 0.00318. The zero-order chi connectivity index (χ0) is 18.1. The van der Waals surface area contributed by atoms with Gasteiger partial charge in [-0.15, -0.1) is 0 Å². The molecule has 4 rings (SSSR count). The van der Waals surface area contributed by atoms with Crippen LogP contribution in [0.2, 0.25) is 0 Å². The maximum absolute atomic E-state index is 12.7. The number of benzene rings is 2. The molecule has 0 spiro atoms. The molecule has 1 unspecified atom stereocenters. The summed E-state index contributed by atoms with van der Waals surface area (Å²) in [5.41, 5.74) is 10.2. The van der Waals surface area contributed by atoms with E-state index >= 15 is 0 Å². The van der Waals surface area contributed by atoms with Crippen LogP contribution in [0.3, 0.4) is 0 Å². The average molecular weight is 349 g/mol. The van der Waals surface area contributed by atoms with Gasteiger partial charge in [-0.1, -0.05) is 12.1 Å². The van der Waals surface area contributed by atoms with Crippen molar-refractivity contribution in [1.29, 1.82) is 0 Å². The topological polar surface area (TPSA) is 84.2 Å². The monoisotopic (exact) mass is 349 g/mol. The lowest BCUT2D eigenvalue weighted by Gasteiger charge is -2.26. The van der Waals surface area contributed by atoms with Gasteiger partial charge in [0.05, 0.1) is 6.04 Å². The van der Waals surface area contributed by atoms with Crippen molar-refractivity contribution < 1.29 is 9.59 Å². The van der Waals surface area contributed by atoms with Gasteiger partial charge in [0.25, 0.3) is 5.91 Å². The first-order valence-corrected chi connectivity index (χ1v) is 9.20. The molecule has 1 atom stereocenters. The van der Waals surface area contributed by atoms with Gasteiger partial charge in [-0.2, -0.15) is 0 Å². The summed E-state index contributed by atoms with van der Waals surface area (Å²) in [6.45, 7) is 0.